The van der Waals surface area contributed by atoms with E-state index in [1.165, 1.54) is 6.07 Å². The quantitative estimate of drug-likeness (QED) is 0.525. The van der Waals surface area contributed by atoms with Gasteiger partial charge in [-0.05, 0) is 37.5 Å². The molecule has 1 aromatic rings. The van der Waals surface area contributed by atoms with Gasteiger partial charge in [0.1, 0.15) is 6.10 Å². The standard InChI is InChI=1S/C22H31F3N4O2/c1-2-26-21(27-11-10-20(30)28-18-8-3-4-9-18)29-12-13-31-19(15-29)16-6-5-7-17(14-16)22(23,24)25/h5-7,14,18-19H,2-4,8-13,15H2,1H3,(H,26,27)(H,28,30). The second-order valence-corrected chi connectivity index (χ2v) is 7.96. The lowest BCUT2D eigenvalue weighted by atomic mass is 10.0. The Morgan fingerprint density at radius 3 is 2.77 bits per heavy atom. The summed E-state index contributed by atoms with van der Waals surface area (Å²) in [7, 11) is 0. The summed E-state index contributed by atoms with van der Waals surface area (Å²) in [5, 5.41) is 6.27. The van der Waals surface area contributed by atoms with Crippen LogP contribution in [0, 0.1) is 0 Å². The normalized spacial score (nSPS) is 20.7. The van der Waals surface area contributed by atoms with Crippen LogP contribution >= 0.6 is 0 Å². The Kier molecular flexibility index (Phi) is 8.17. The maximum Gasteiger partial charge on any atom is 0.416 e. The van der Waals surface area contributed by atoms with Crippen LogP contribution in [0.25, 0.3) is 0 Å². The van der Waals surface area contributed by atoms with E-state index in [9.17, 15) is 18.0 Å². The molecule has 2 aliphatic rings. The van der Waals surface area contributed by atoms with Gasteiger partial charge in [-0.3, -0.25) is 9.79 Å². The number of amides is 1. The smallest absolute Gasteiger partial charge is 0.370 e. The summed E-state index contributed by atoms with van der Waals surface area (Å²) in [4.78, 5) is 18.7. The van der Waals surface area contributed by atoms with E-state index < -0.39 is 17.8 Å². The first-order valence-electron chi connectivity index (χ1n) is 11.0. The zero-order valence-corrected chi connectivity index (χ0v) is 17.9. The molecule has 2 N–H and O–H groups in total. The number of rotatable bonds is 6. The molecule has 1 amide bonds. The average molecular weight is 441 g/mol. The number of morpholine rings is 1. The summed E-state index contributed by atoms with van der Waals surface area (Å²) >= 11 is 0. The van der Waals surface area contributed by atoms with Crippen LogP contribution < -0.4 is 10.6 Å². The van der Waals surface area contributed by atoms with E-state index >= 15 is 0 Å². The van der Waals surface area contributed by atoms with Crippen LogP contribution in [0.1, 0.15) is 56.3 Å². The number of carbonyl (C=O) groups excluding carboxylic acids is 1. The molecule has 1 aromatic carbocycles. The second kappa shape index (κ2) is 10.8. The fourth-order valence-electron chi connectivity index (χ4n) is 4.02. The molecule has 0 bridgehead atoms. The van der Waals surface area contributed by atoms with Crippen LogP contribution in [0.3, 0.4) is 0 Å². The van der Waals surface area contributed by atoms with Crippen molar-refractivity contribution in [2.45, 2.75) is 57.3 Å². The highest BCUT2D eigenvalue weighted by atomic mass is 19.4. The monoisotopic (exact) mass is 440 g/mol. The molecular weight excluding hydrogens is 409 g/mol. The minimum Gasteiger partial charge on any atom is -0.370 e. The number of nitrogens with one attached hydrogen (secondary N) is 2. The highest BCUT2D eigenvalue weighted by Gasteiger charge is 2.32. The van der Waals surface area contributed by atoms with Crippen molar-refractivity contribution in [3.8, 4) is 0 Å². The Morgan fingerprint density at radius 1 is 1.29 bits per heavy atom. The highest BCUT2D eigenvalue weighted by molar-refractivity contribution is 5.81. The minimum atomic E-state index is -4.39. The van der Waals surface area contributed by atoms with Crippen molar-refractivity contribution < 1.29 is 22.7 Å². The fraction of sp³-hybridized carbons (Fsp3) is 0.636. The first-order chi connectivity index (χ1) is 14.9. The molecule has 0 aromatic heterocycles. The van der Waals surface area contributed by atoms with Crippen molar-refractivity contribution in [2.75, 3.05) is 32.8 Å². The summed E-state index contributed by atoms with van der Waals surface area (Å²) in [5.74, 6) is 0.659. The summed E-state index contributed by atoms with van der Waals surface area (Å²) in [6, 6.07) is 5.55. The van der Waals surface area contributed by atoms with Crippen LogP contribution in [0.15, 0.2) is 29.3 Å². The topological polar surface area (TPSA) is 66.0 Å². The minimum absolute atomic E-state index is 0.00955. The second-order valence-electron chi connectivity index (χ2n) is 7.96. The zero-order valence-electron chi connectivity index (χ0n) is 17.9. The van der Waals surface area contributed by atoms with Gasteiger partial charge >= 0.3 is 6.18 Å². The molecule has 1 heterocycles. The van der Waals surface area contributed by atoms with Gasteiger partial charge < -0.3 is 20.3 Å². The molecule has 1 unspecified atom stereocenters. The van der Waals surface area contributed by atoms with Crippen molar-refractivity contribution >= 4 is 11.9 Å². The molecule has 0 radical (unpaired) electrons. The molecule has 1 aliphatic carbocycles. The number of hydrogen-bond donors (Lipinski definition) is 2. The van der Waals surface area contributed by atoms with Gasteiger partial charge in [0.25, 0.3) is 0 Å². The van der Waals surface area contributed by atoms with E-state index in [-0.39, 0.29) is 11.9 Å². The van der Waals surface area contributed by atoms with Crippen molar-refractivity contribution in [2.24, 2.45) is 4.99 Å². The molecule has 2 fully saturated rings. The Morgan fingerprint density at radius 2 is 2.06 bits per heavy atom. The predicted octanol–water partition coefficient (Wildman–Crippen LogP) is 3.49. The molecule has 0 spiro atoms. The average Bonchev–Trinajstić information content (AvgIpc) is 3.26. The van der Waals surface area contributed by atoms with Crippen LogP contribution in [-0.2, 0) is 15.7 Å². The molecule has 6 nitrogen and oxygen atoms in total. The predicted molar refractivity (Wildman–Crippen MR) is 113 cm³/mol. The maximum absolute atomic E-state index is 13.1. The van der Waals surface area contributed by atoms with Crippen molar-refractivity contribution in [3.63, 3.8) is 0 Å². The first kappa shape index (κ1) is 23.4. The number of halogens is 3. The van der Waals surface area contributed by atoms with Gasteiger partial charge in [0.05, 0.1) is 25.3 Å². The largest absolute Gasteiger partial charge is 0.416 e. The van der Waals surface area contributed by atoms with Crippen molar-refractivity contribution in [1.82, 2.24) is 15.5 Å². The number of hydrogen-bond acceptors (Lipinski definition) is 3. The molecule has 3 rings (SSSR count). The number of nitrogens with zero attached hydrogens (tertiary/aromatic N) is 2. The number of carbonyl (C=O) groups is 1. The third kappa shape index (κ3) is 6.85. The van der Waals surface area contributed by atoms with E-state index in [4.69, 9.17) is 4.74 Å². The molecule has 9 heteroatoms. The summed E-state index contributed by atoms with van der Waals surface area (Å²) in [6.45, 7) is 4.31. The van der Waals surface area contributed by atoms with Crippen LogP contribution in [0.2, 0.25) is 0 Å². The molecule has 1 atom stereocenters. The van der Waals surface area contributed by atoms with E-state index in [0.717, 1.165) is 37.8 Å². The van der Waals surface area contributed by atoms with E-state index in [2.05, 4.69) is 15.6 Å². The van der Waals surface area contributed by atoms with Gasteiger partial charge in [0, 0.05) is 25.6 Å². The number of benzene rings is 1. The van der Waals surface area contributed by atoms with E-state index in [0.29, 0.717) is 50.7 Å². The SMILES string of the molecule is CCNC(=NCCC(=O)NC1CCCC1)N1CCOC(c2cccc(C(F)(F)F)c2)C1. The summed E-state index contributed by atoms with van der Waals surface area (Å²) in [6.07, 6.45) is -0.141. The van der Waals surface area contributed by atoms with Gasteiger partial charge in [-0.25, -0.2) is 0 Å². The molecule has 1 saturated heterocycles. The van der Waals surface area contributed by atoms with Crippen LogP contribution in [-0.4, -0.2) is 55.6 Å². The van der Waals surface area contributed by atoms with Crippen molar-refractivity contribution in [1.29, 1.82) is 0 Å². The molecule has 1 saturated carbocycles. The number of guanidine groups is 1. The van der Waals surface area contributed by atoms with E-state index in [1.54, 1.807) is 6.07 Å². The summed E-state index contributed by atoms with van der Waals surface area (Å²) < 4.78 is 44.9. The van der Waals surface area contributed by atoms with Gasteiger partial charge in [0.2, 0.25) is 5.91 Å². The van der Waals surface area contributed by atoms with Crippen LogP contribution in [0.5, 0.6) is 0 Å². The van der Waals surface area contributed by atoms with Gasteiger partial charge in [-0.1, -0.05) is 25.0 Å². The molecule has 31 heavy (non-hydrogen) atoms. The maximum atomic E-state index is 13.1. The molecule has 1 aliphatic heterocycles. The fourth-order valence-corrected chi connectivity index (χ4v) is 4.02. The van der Waals surface area contributed by atoms with Gasteiger partial charge in [-0.2, -0.15) is 13.2 Å². The van der Waals surface area contributed by atoms with E-state index in [1.807, 2.05) is 11.8 Å². The van der Waals surface area contributed by atoms with Gasteiger partial charge in [-0.15, -0.1) is 0 Å². The third-order valence-corrected chi connectivity index (χ3v) is 5.61. The first-order valence-corrected chi connectivity index (χ1v) is 11.0. The molecular formula is C22H31F3N4O2. The third-order valence-electron chi connectivity index (χ3n) is 5.61. The van der Waals surface area contributed by atoms with Crippen molar-refractivity contribution in [3.05, 3.63) is 35.4 Å². The Labute approximate surface area is 181 Å². The zero-order chi connectivity index (χ0) is 22.3. The lowest BCUT2D eigenvalue weighted by molar-refractivity contribution is -0.137. The Balaban J connectivity index is 1.60. The summed E-state index contributed by atoms with van der Waals surface area (Å²) in [5.41, 5.74) is -0.189. The Hall–Kier alpha value is -2.29. The Bertz CT molecular complexity index is 763. The highest BCUT2D eigenvalue weighted by Crippen LogP contribution is 2.32. The number of aliphatic imine (C=N–C) groups is 1. The van der Waals surface area contributed by atoms with Gasteiger partial charge in [0.15, 0.2) is 5.96 Å². The lowest BCUT2D eigenvalue weighted by Gasteiger charge is -2.35. The number of ether oxygens (including phenoxy) is 1. The van der Waals surface area contributed by atoms with Crippen LogP contribution in [0.4, 0.5) is 13.2 Å². The lowest BCUT2D eigenvalue weighted by Crippen LogP contribution is -2.48. The number of alkyl halides is 3. The molecule has 172 valence electrons.